The van der Waals surface area contributed by atoms with Crippen LogP contribution < -0.4 is 10.8 Å². The highest BCUT2D eigenvalue weighted by Gasteiger charge is 2.24. The van der Waals surface area contributed by atoms with Crippen molar-refractivity contribution in [3.05, 3.63) is 43.6 Å². The van der Waals surface area contributed by atoms with E-state index in [9.17, 15) is 9.59 Å². The second kappa shape index (κ2) is 9.16. The summed E-state index contributed by atoms with van der Waals surface area (Å²) < 4.78 is 4.63. The Bertz CT molecular complexity index is 938. The topological polar surface area (TPSA) is 126 Å². The molecule has 0 spiro atoms. The van der Waals surface area contributed by atoms with Gasteiger partial charge in [-0.05, 0) is 12.1 Å². The molecule has 0 bridgehead atoms. The lowest BCUT2D eigenvalue weighted by Gasteiger charge is -2.12. The molecule has 2 rings (SSSR count). The molecule has 9 nitrogen and oxygen atoms in total. The summed E-state index contributed by atoms with van der Waals surface area (Å²) in [5.74, 6) is -2.15. The number of rotatable bonds is 5. The van der Waals surface area contributed by atoms with Crippen molar-refractivity contribution in [1.82, 2.24) is 15.4 Å². The highest BCUT2D eigenvalue weighted by molar-refractivity contribution is 6.38. The number of hydrogen-bond acceptors (Lipinski definition) is 7. The molecule has 27 heavy (non-hydrogen) atoms. The Hall–Kier alpha value is -2.17. The average Bonchev–Trinajstić information content (AvgIpc) is 2.58. The van der Waals surface area contributed by atoms with E-state index in [1.54, 1.807) is 5.48 Å². The Labute approximate surface area is 172 Å². The molecule has 0 aromatic carbocycles. The second-order valence-electron chi connectivity index (χ2n) is 4.61. The molecule has 2 heterocycles. The molecule has 1 amide bonds. The standard InChI is InChI=1S/C14H9Cl4N5O4/c1-27-14(25)10-6(16)3-8(18)22-12(10)23-13(24)9-5(15)2-7(17)21-11(9)19-4-20-26/h2-4,26H,1H3,(H,19,20,21)(H,22,23,24). The molecule has 2 aromatic rings. The molecule has 0 aliphatic rings. The lowest BCUT2D eigenvalue weighted by atomic mass is 10.2. The molecule has 0 atom stereocenters. The summed E-state index contributed by atoms with van der Waals surface area (Å²) in [6.07, 6.45) is 0.847. The van der Waals surface area contributed by atoms with E-state index in [0.717, 1.165) is 13.4 Å². The zero-order valence-corrected chi connectivity index (χ0v) is 16.3. The van der Waals surface area contributed by atoms with Crippen LogP contribution in [0.3, 0.4) is 0 Å². The summed E-state index contributed by atoms with van der Waals surface area (Å²) in [4.78, 5) is 36.1. The summed E-state index contributed by atoms with van der Waals surface area (Å²) in [6.45, 7) is 0. The van der Waals surface area contributed by atoms with Crippen LogP contribution in [0.25, 0.3) is 0 Å². The number of aromatic nitrogens is 2. The highest BCUT2D eigenvalue weighted by atomic mass is 35.5. The van der Waals surface area contributed by atoms with Gasteiger partial charge in [-0.3, -0.25) is 15.5 Å². The predicted molar refractivity (Wildman–Crippen MR) is 101 cm³/mol. The molecular weight excluding hydrogens is 444 g/mol. The van der Waals surface area contributed by atoms with E-state index in [4.69, 9.17) is 51.6 Å². The lowest BCUT2D eigenvalue weighted by Crippen LogP contribution is -2.18. The first-order chi connectivity index (χ1) is 12.8. The molecule has 0 aliphatic heterocycles. The van der Waals surface area contributed by atoms with Gasteiger partial charge in [-0.25, -0.2) is 19.8 Å². The Balaban J connectivity index is 2.53. The molecular formula is C14H9Cl4N5O4. The third-order valence-electron chi connectivity index (χ3n) is 2.95. The van der Waals surface area contributed by atoms with Gasteiger partial charge >= 0.3 is 5.97 Å². The largest absolute Gasteiger partial charge is 0.465 e. The summed E-state index contributed by atoms with van der Waals surface area (Å²) >= 11 is 23.7. The molecule has 0 fully saturated rings. The van der Waals surface area contributed by atoms with Crippen molar-refractivity contribution in [1.29, 1.82) is 0 Å². The van der Waals surface area contributed by atoms with Crippen LogP contribution in [0.4, 0.5) is 11.6 Å². The van der Waals surface area contributed by atoms with E-state index in [2.05, 4.69) is 25.0 Å². The van der Waals surface area contributed by atoms with Gasteiger partial charge in [-0.1, -0.05) is 46.4 Å². The van der Waals surface area contributed by atoms with Crippen LogP contribution in [-0.2, 0) is 4.74 Å². The minimum Gasteiger partial charge on any atom is -0.465 e. The van der Waals surface area contributed by atoms with Crippen LogP contribution in [0.1, 0.15) is 20.7 Å². The number of ether oxygens (including phenoxy) is 1. The van der Waals surface area contributed by atoms with Gasteiger partial charge in [-0.2, -0.15) is 0 Å². The summed E-state index contributed by atoms with van der Waals surface area (Å²) in [5, 5.41) is 10.7. The number of nitrogens with one attached hydrogen (secondary N) is 2. The van der Waals surface area contributed by atoms with Gasteiger partial charge in [0.05, 0.1) is 17.2 Å². The first kappa shape index (κ1) is 21.1. The minimum atomic E-state index is -0.845. The van der Waals surface area contributed by atoms with Gasteiger partial charge in [-0.15, -0.1) is 0 Å². The molecule has 0 unspecified atom stereocenters. The van der Waals surface area contributed by atoms with E-state index in [1.165, 1.54) is 12.1 Å². The van der Waals surface area contributed by atoms with Gasteiger partial charge in [0.15, 0.2) is 11.6 Å². The third kappa shape index (κ3) is 4.96. The van der Waals surface area contributed by atoms with Crippen LogP contribution in [0.5, 0.6) is 0 Å². The van der Waals surface area contributed by atoms with Gasteiger partial charge in [0, 0.05) is 0 Å². The van der Waals surface area contributed by atoms with Crippen molar-refractivity contribution in [2.24, 2.45) is 4.99 Å². The zero-order chi connectivity index (χ0) is 20.1. The summed E-state index contributed by atoms with van der Waals surface area (Å²) in [6, 6.07) is 2.42. The molecule has 0 radical (unpaired) electrons. The monoisotopic (exact) mass is 451 g/mol. The number of halogens is 4. The van der Waals surface area contributed by atoms with Crippen molar-refractivity contribution in [3.8, 4) is 0 Å². The van der Waals surface area contributed by atoms with Gasteiger partial charge in [0.2, 0.25) is 0 Å². The van der Waals surface area contributed by atoms with E-state index in [1.807, 2.05) is 0 Å². The molecule has 3 N–H and O–H groups in total. The fourth-order valence-electron chi connectivity index (χ4n) is 1.91. The number of amides is 1. The molecule has 2 aromatic heterocycles. The molecule has 0 saturated carbocycles. The Kier molecular flexibility index (Phi) is 7.17. The van der Waals surface area contributed by atoms with Gasteiger partial charge in [0.1, 0.15) is 27.8 Å². The van der Waals surface area contributed by atoms with Crippen LogP contribution in [0.2, 0.25) is 20.4 Å². The number of methoxy groups -OCH3 is 1. The maximum Gasteiger partial charge on any atom is 0.343 e. The Morgan fingerprint density at radius 2 is 1.70 bits per heavy atom. The van der Waals surface area contributed by atoms with E-state index in [-0.39, 0.29) is 43.1 Å². The number of hydrogen-bond donors (Lipinski definition) is 3. The SMILES string of the molecule is COC(=O)c1c(Cl)cc(Cl)nc1NC(=O)c1c(Cl)cc(Cl)nc1N=CNO. The zero-order valence-electron chi connectivity index (χ0n) is 13.3. The van der Waals surface area contributed by atoms with Crippen molar-refractivity contribution >= 4 is 76.3 Å². The summed E-state index contributed by atoms with van der Waals surface area (Å²) in [7, 11) is 1.13. The van der Waals surface area contributed by atoms with Gasteiger partial charge < -0.3 is 10.1 Å². The van der Waals surface area contributed by atoms with E-state index < -0.39 is 11.9 Å². The van der Waals surface area contributed by atoms with Crippen molar-refractivity contribution in [2.45, 2.75) is 0 Å². The fraction of sp³-hybridized carbons (Fsp3) is 0.0714. The maximum atomic E-state index is 12.7. The number of carbonyl (C=O) groups is 2. The first-order valence-electron chi connectivity index (χ1n) is 6.82. The number of hydroxylamine groups is 1. The van der Waals surface area contributed by atoms with Crippen molar-refractivity contribution in [3.63, 3.8) is 0 Å². The number of carbonyl (C=O) groups excluding carboxylic acids is 2. The fourth-order valence-corrected chi connectivity index (χ4v) is 2.95. The van der Waals surface area contributed by atoms with Crippen LogP contribution in [0, 0.1) is 0 Å². The van der Waals surface area contributed by atoms with Crippen LogP contribution in [0.15, 0.2) is 17.1 Å². The normalized spacial score (nSPS) is 10.7. The maximum absolute atomic E-state index is 12.7. The highest BCUT2D eigenvalue weighted by Crippen LogP contribution is 2.31. The predicted octanol–water partition coefficient (Wildman–Crippen LogP) is 3.77. The van der Waals surface area contributed by atoms with Crippen molar-refractivity contribution < 1.29 is 19.5 Å². The van der Waals surface area contributed by atoms with E-state index in [0.29, 0.717) is 0 Å². The number of anilines is 1. The van der Waals surface area contributed by atoms with Crippen LogP contribution in [-0.4, -0.2) is 40.5 Å². The Morgan fingerprint density at radius 3 is 2.30 bits per heavy atom. The number of esters is 1. The number of pyridine rings is 2. The summed E-state index contributed by atoms with van der Waals surface area (Å²) in [5.41, 5.74) is 1.24. The first-order valence-corrected chi connectivity index (χ1v) is 8.33. The Morgan fingerprint density at radius 1 is 1.11 bits per heavy atom. The number of aliphatic imine (C=N–C) groups is 1. The van der Waals surface area contributed by atoms with Crippen molar-refractivity contribution in [2.75, 3.05) is 12.4 Å². The minimum absolute atomic E-state index is 0.0409. The molecule has 0 aliphatic carbocycles. The third-order valence-corrected chi connectivity index (χ3v) is 3.94. The lowest BCUT2D eigenvalue weighted by molar-refractivity contribution is 0.0601. The van der Waals surface area contributed by atoms with E-state index >= 15 is 0 Å². The molecule has 13 heteroatoms. The second-order valence-corrected chi connectivity index (χ2v) is 6.20. The van der Waals surface area contributed by atoms with Gasteiger partial charge in [0.25, 0.3) is 5.91 Å². The number of nitrogens with zero attached hydrogens (tertiary/aromatic N) is 3. The molecule has 0 saturated heterocycles. The van der Waals surface area contributed by atoms with Crippen LogP contribution >= 0.6 is 46.4 Å². The molecule has 142 valence electrons. The average molecular weight is 453 g/mol. The smallest absolute Gasteiger partial charge is 0.343 e. The quantitative estimate of drug-likeness (QED) is 0.207.